The lowest BCUT2D eigenvalue weighted by atomic mass is 9.95. The van der Waals surface area contributed by atoms with Crippen molar-refractivity contribution in [2.24, 2.45) is 5.92 Å². The van der Waals surface area contributed by atoms with Gasteiger partial charge in [0.15, 0.2) is 14.1 Å². The lowest BCUT2D eigenvalue weighted by Gasteiger charge is -2.37. The maximum absolute atomic E-state index is 14.4. The third-order valence-corrected chi connectivity index (χ3v) is 16.4. The van der Waals surface area contributed by atoms with Crippen molar-refractivity contribution in [3.05, 3.63) is 92.5 Å². The molecule has 0 N–H and O–H groups in total. The number of nitrogens with zero attached hydrogens (tertiary/aromatic N) is 5. The number of benzene rings is 2. The van der Waals surface area contributed by atoms with Gasteiger partial charge < -0.3 is 9.16 Å². The molecule has 2 aromatic carbocycles. The maximum Gasteiger partial charge on any atom is 0.416 e. The van der Waals surface area contributed by atoms with Crippen molar-refractivity contribution in [3.8, 4) is 28.3 Å². The summed E-state index contributed by atoms with van der Waals surface area (Å²) in [7, 11) is -0.423. The average molecular weight is 815 g/mol. The average Bonchev–Trinajstić information content (AvgIpc) is 3.10. The van der Waals surface area contributed by atoms with Crippen molar-refractivity contribution < 1.29 is 27.1 Å². The van der Waals surface area contributed by atoms with Crippen LogP contribution in [0.2, 0.25) is 28.2 Å². The van der Waals surface area contributed by atoms with E-state index in [2.05, 4.69) is 55.7 Å². The lowest BCUT2D eigenvalue weighted by Crippen LogP contribution is -2.44. The highest BCUT2D eigenvalue weighted by Gasteiger charge is 2.39. The van der Waals surface area contributed by atoms with Crippen molar-refractivity contribution in [1.29, 1.82) is 0 Å². The van der Waals surface area contributed by atoms with Gasteiger partial charge in [0.05, 0.1) is 40.3 Å². The van der Waals surface area contributed by atoms with Gasteiger partial charge in [0.25, 0.3) is 0 Å². The van der Waals surface area contributed by atoms with E-state index in [1.807, 2.05) is 23.1 Å². The molecule has 2 aliphatic rings. The van der Waals surface area contributed by atoms with Crippen LogP contribution >= 0.6 is 23.2 Å². The number of methoxy groups -OCH3 is 1. The summed E-state index contributed by atoms with van der Waals surface area (Å²) in [6, 6.07) is 11.6. The number of ketones is 1. The van der Waals surface area contributed by atoms with Crippen molar-refractivity contribution in [1.82, 2.24) is 24.8 Å². The predicted octanol–water partition coefficient (Wildman–Crippen LogP) is 9.80. The van der Waals surface area contributed by atoms with Gasteiger partial charge in [-0.15, -0.1) is 0 Å². The Kier molecular flexibility index (Phi) is 12.2. The van der Waals surface area contributed by atoms with Gasteiger partial charge in [-0.2, -0.15) is 13.2 Å². The van der Waals surface area contributed by atoms with E-state index in [-0.39, 0.29) is 46.4 Å². The van der Waals surface area contributed by atoms with Crippen LogP contribution in [0.15, 0.2) is 48.7 Å². The molecule has 6 rings (SSSR count). The molecule has 4 aromatic rings. The molecule has 14 heteroatoms. The fourth-order valence-electron chi connectivity index (χ4n) is 6.92. The number of fused-ring (bicyclic) bond motifs is 1. The molecule has 2 aromatic heterocycles. The number of carbonyl (C=O) groups excluding carboxylic acids is 1. The first kappa shape index (κ1) is 41.2. The molecule has 0 spiro atoms. The molecule has 0 aliphatic carbocycles. The van der Waals surface area contributed by atoms with Gasteiger partial charge in [0.2, 0.25) is 5.88 Å². The van der Waals surface area contributed by atoms with Gasteiger partial charge in [-0.05, 0) is 47.7 Å². The van der Waals surface area contributed by atoms with E-state index >= 15 is 0 Å². The Morgan fingerprint density at radius 2 is 1.65 bits per heavy atom. The minimum Gasteiger partial charge on any atom is -0.480 e. The lowest BCUT2D eigenvalue weighted by molar-refractivity contribution is -0.138. The summed E-state index contributed by atoms with van der Waals surface area (Å²) in [6.07, 6.45) is -3.04. The normalized spacial score (nSPS) is 15.9. The zero-order valence-electron chi connectivity index (χ0n) is 32.4. The number of carbonyl (C=O) groups is 1. The zero-order valence-corrected chi connectivity index (χ0v) is 34.9. The molecule has 1 fully saturated rings. The Morgan fingerprint density at radius 1 is 0.982 bits per heavy atom. The summed E-state index contributed by atoms with van der Waals surface area (Å²) >= 11 is 14.0. The van der Waals surface area contributed by atoms with Crippen molar-refractivity contribution in [2.45, 2.75) is 77.9 Å². The number of hydrogen-bond donors (Lipinski definition) is 0. The van der Waals surface area contributed by atoms with E-state index in [9.17, 15) is 18.0 Å². The first-order chi connectivity index (χ1) is 25.9. The van der Waals surface area contributed by atoms with Crippen LogP contribution in [0.1, 0.15) is 66.3 Å². The Balaban J connectivity index is 1.23. The molecule has 0 unspecified atom stereocenters. The van der Waals surface area contributed by atoms with Crippen molar-refractivity contribution in [3.63, 3.8) is 0 Å². The van der Waals surface area contributed by atoms with Crippen LogP contribution in [0, 0.1) is 5.92 Å². The van der Waals surface area contributed by atoms with Gasteiger partial charge in [0.1, 0.15) is 11.4 Å². The van der Waals surface area contributed by atoms with Crippen molar-refractivity contribution >= 4 is 37.3 Å². The van der Waals surface area contributed by atoms with Crippen LogP contribution in [-0.2, 0) is 36.5 Å². The first-order valence-electron chi connectivity index (χ1n) is 18.5. The molecule has 4 heterocycles. The minimum absolute atomic E-state index is 0.0432. The highest BCUT2D eigenvalue weighted by atomic mass is 35.5. The minimum atomic E-state index is -4.64. The Hall–Kier alpha value is -3.39. The maximum atomic E-state index is 14.4. The second-order valence-corrected chi connectivity index (χ2v) is 21.7. The van der Waals surface area contributed by atoms with Crippen LogP contribution in [-0.4, -0.2) is 78.7 Å². The SMILES string of the molecule is COc1nc(-c2cccc(-c3cccc(CC(=O)c4cc(C(F)(F)F)c5c(n4)CN(CCO[Si](C)(C)C(C)(C)C)CC5)c3Cl)c2Cl)cnc1CN1CC(C)C1. The summed E-state index contributed by atoms with van der Waals surface area (Å²) in [5.74, 6) is 0.506. The molecule has 0 radical (unpaired) electrons. The number of rotatable bonds is 12. The summed E-state index contributed by atoms with van der Waals surface area (Å²) in [5, 5.41) is 0.681. The van der Waals surface area contributed by atoms with Gasteiger partial charge >= 0.3 is 6.18 Å². The van der Waals surface area contributed by atoms with E-state index < -0.39 is 25.8 Å². The molecule has 294 valence electrons. The topological polar surface area (TPSA) is 80.7 Å². The molecule has 55 heavy (non-hydrogen) atoms. The van der Waals surface area contributed by atoms with Gasteiger partial charge in [-0.1, -0.05) is 87.3 Å². The third kappa shape index (κ3) is 9.10. The number of ether oxygens (including phenoxy) is 1. The molecule has 8 nitrogen and oxygen atoms in total. The van der Waals surface area contributed by atoms with Gasteiger partial charge in [-0.3, -0.25) is 19.6 Å². The molecule has 0 saturated carbocycles. The number of hydrogen-bond acceptors (Lipinski definition) is 8. The molecule has 1 saturated heterocycles. The molecule has 2 aliphatic heterocycles. The molecular formula is C41H48Cl2F3N5O3Si. The highest BCUT2D eigenvalue weighted by molar-refractivity contribution is 6.74. The summed E-state index contributed by atoms with van der Waals surface area (Å²) in [6.45, 7) is 17.3. The first-order valence-corrected chi connectivity index (χ1v) is 22.2. The van der Waals surface area contributed by atoms with Crippen LogP contribution in [0.5, 0.6) is 5.88 Å². The van der Waals surface area contributed by atoms with E-state index in [1.165, 1.54) is 0 Å². The molecular weight excluding hydrogens is 766 g/mol. The van der Waals surface area contributed by atoms with Crippen molar-refractivity contribution in [2.75, 3.05) is 39.9 Å². The third-order valence-electron chi connectivity index (χ3n) is 11.0. The smallest absolute Gasteiger partial charge is 0.416 e. The quantitative estimate of drug-likeness (QED) is 0.103. The summed E-state index contributed by atoms with van der Waals surface area (Å²) in [4.78, 5) is 32.0. The second-order valence-electron chi connectivity index (χ2n) is 16.2. The fraction of sp³-hybridized carbons (Fsp3) is 0.463. The fourth-order valence-corrected chi connectivity index (χ4v) is 8.58. The van der Waals surface area contributed by atoms with E-state index in [0.29, 0.717) is 71.0 Å². The Labute approximate surface area is 332 Å². The standard InChI is InChI=1S/C41H48Cl2F3N5O3Si/c1-25-21-51(22-25)24-35-39(53-5)49-33(20-47-35)30-13-9-12-28(38(30)43)27-11-8-10-26(37(27)42)18-36(52)32-19-31(41(44,45)46)29-14-15-50(23-34(29)48-32)16-17-54-55(6,7)40(2,3)4/h8-13,19-20,25H,14-18,21-24H2,1-7H3. The Morgan fingerprint density at radius 3 is 2.31 bits per heavy atom. The van der Waals surface area contributed by atoms with Crippen LogP contribution in [0.25, 0.3) is 22.4 Å². The monoisotopic (exact) mass is 813 g/mol. The van der Waals surface area contributed by atoms with Crippen LogP contribution < -0.4 is 4.74 Å². The second kappa shape index (κ2) is 16.2. The van der Waals surface area contributed by atoms with Gasteiger partial charge in [-0.25, -0.2) is 9.97 Å². The van der Waals surface area contributed by atoms with E-state index in [0.717, 1.165) is 24.8 Å². The summed E-state index contributed by atoms with van der Waals surface area (Å²) in [5.41, 5.74) is 2.83. The Bertz CT molecular complexity index is 2070. The molecule has 0 atom stereocenters. The van der Waals surface area contributed by atoms with E-state index in [1.54, 1.807) is 31.5 Å². The van der Waals surface area contributed by atoms with Crippen LogP contribution in [0.4, 0.5) is 13.2 Å². The number of pyridine rings is 1. The van der Waals surface area contributed by atoms with Gasteiger partial charge in [0, 0.05) is 69.0 Å². The largest absolute Gasteiger partial charge is 0.480 e. The predicted molar refractivity (Wildman–Crippen MR) is 213 cm³/mol. The highest BCUT2D eigenvalue weighted by Crippen LogP contribution is 2.41. The summed E-state index contributed by atoms with van der Waals surface area (Å²) < 4.78 is 55.1. The number of alkyl halides is 3. The van der Waals surface area contributed by atoms with Crippen LogP contribution in [0.3, 0.4) is 0 Å². The number of likely N-dealkylation sites (tertiary alicyclic amines) is 1. The molecule has 0 amide bonds. The zero-order chi connectivity index (χ0) is 39.9. The number of Topliss-reactive ketones (excluding diaryl/α,β-unsaturated/α-hetero) is 1. The number of halogens is 5. The number of aromatic nitrogens is 3. The molecule has 0 bridgehead atoms. The van der Waals surface area contributed by atoms with E-state index in [4.69, 9.17) is 37.3 Å².